The molecule has 0 atom stereocenters. The van der Waals surface area contributed by atoms with Crippen LogP contribution in [0.3, 0.4) is 0 Å². The van der Waals surface area contributed by atoms with Crippen molar-refractivity contribution in [2.75, 3.05) is 31.1 Å². The van der Waals surface area contributed by atoms with E-state index >= 15 is 0 Å². The highest BCUT2D eigenvalue weighted by Crippen LogP contribution is 2.30. The molecule has 6 nitrogen and oxygen atoms in total. The van der Waals surface area contributed by atoms with Crippen LogP contribution in [0.2, 0.25) is 0 Å². The van der Waals surface area contributed by atoms with Gasteiger partial charge in [0.05, 0.1) is 16.4 Å². The number of halogens is 1. The SMILES string of the molecule is CCN(CC)CCN(C(=O)c1ccno1)c1nc2ccc(F)cc2s1. The zero-order valence-corrected chi connectivity index (χ0v) is 14.9. The van der Waals surface area contributed by atoms with E-state index < -0.39 is 0 Å². The first-order valence-electron chi connectivity index (χ1n) is 8.13. The largest absolute Gasteiger partial charge is 0.351 e. The minimum Gasteiger partial charge on any atom is -0.351 e. The van der Waals surface area contributed by atoms with Gasteiger partial charge in [0.15, 0.2) is 5.13 Å². The molecule has 0 fully saturated rings. The first-order chi connectivity index (χ1) is 12.1. The third kappa shape index (κ3) is 3.85. The molecule has 0 spiro atoms. The summed E-state index contributed by atoms with van der Waals surface area (Å²) in [5, 5.41) is 4.12. The van der Waals surface area contributed by atoms with Crippen LogP contribution in [0.15, 0.2) is 35.0 Å². The van der Waals surface area contributed by atoms with E-state index in [1.807, 2.05) is 0 Å². The van der Waals surface area contributed by atoms with E-state index in [9.17, 15) is 9.18 Å². The number of amides is 1. The number of hydrogen-bond donors (Lipinski definition) is 0. The van der Waals surface area contributed by atoms with Crippen LogP contribution in [0.1, 0.15) is 24.4 Å². The van der Waals surface area contributed by atoms with Gasteiger partial charge in [-0.2, -0.15) is 0 Å². The van der Waals surface area contributed by atoms with Crippen LogP contribution in [-0.4, -0.2) is 47.1 Å². The Balaban J connectivity index is 1.92. The fourth-order valence-corrected chi connectivity index (χ4v) is 3.54. The van der Waals surface area contributed by atoms with E-state index in [0.717, 1.165) is 13.1 Å². The summed E-state index contributed by atoms with van der Waals surface area (Å²) < 4.78 is 19.2. The second-order valence-electron chi connectivity index (χ2n) is 5.47. The Morgan fingerprint density at radius 1 is 1.24 bits per heavy atom. The maximum absolute atomic E-state index is 13.4. The van der Waals surface area contributed by atoms with Crippen LogP contribution in [0.4, 0.5) is 9.52 Å². The number of likely N-dealkylation sites (N-methyl/N-ethyl adjacent to an activating group) is 1. The fraction of sp³-hybridized carbons (Fsp3) is 0.353. The first kappa shape index (κ1) is 17.5. The summed E-state index contributed by atoms with van der Waals surface area (Å²) in [6.45, 7) is 7.11. The second-order valence-corrected chi connectivity index (χ2v) is 6.48. The zero-order chi connectivity index (χ0) is 17.8. The van der Waals surface area contributed by atoms with E-state index in [4.69, 9.17) is 4.52 Å². The molecule has 3 aromatic rings. The number of hydrogen-bond acceptors (Lipinski definition) is 6. The van der Waals surface area contributed by atoms with Gasteiger partial charge in [-0.1, -0.05) is 30.3 Å². The molecule has 2 heterocycles. The van der Waals surface area contributed by atoms with Gasteiger partial charge in [0.2, 0.25) is 5.76 Å². The maximum Gasteiger partial charge on any atom is 0.298 e. The lowest BCUT2D eigenvalue weighted by Crippen LogP contribution is -2.38. The Morgan fingerprint density at radius 3 is 2.72 bits per heavy atom. The lowest BCUT2D eigenvalue weighted by Gasteiger charge is -2.23. The Kier molecular flexibility index (Phi) is 5.40. The van der Waals surface area contributed by atoms with Crippen molar-refractivity contribution in [3.63, 3.8) is 0 Å². The summed E-state index contributed by atoms with van der Waals surface area (Å²) in [4.78, 5) is 21.1. The predicted molar refractivity (Wildman–Crippen MR) is 95.5 cm³/mol. The Bertz CT molecular complexity index is 846. The number of thiazole rings is 1. The highest BCUT2D eigenvalue weighted by atomic mass is 32.1. The van der Waals surface area contributed by atoms with Crippen molar-refractivity contribution in [1.82, 2.24) is 15.0 Å². The van der Waals surface area contributed by atoms with Gasteiger partial charge < -0.3 is 9.42 Å². The normalized spacial score (nSPS) is 11.4. The molecule has 1 aromatic carbocycles. The first-order valence-corrected chi connectivity index (χ1v) is 8.95. The number of anilines is 1. The molecule has 2 aromatic heterocycles. The van der Waals surface area contributed by atoms with Gasteiger partial charge in [-0.25, -0.2) is 9.37 Å². The number of aromatic nitrogens is 2. The quantitative estimate of drug-likeness (QED) is 0.644. The van der Waals surface area contributed by atoms with Crippen LogP contribution in [0.5, 0.6) is 0 Å². The van der Waals surface area contributed by atoms with Crippen molar-refractivity contribution in [1.29, 1.82) is 0 Å². The minimum absolute atomic E-state index is 0.157. The molecule has 1 amide bonds. The highest BCUT2D eigenvalue weighted by Gasteiger charge is 2.24. The molecule has 0 aliphatic heterocycles. The average Bonchev–Trinajstić information content (AvgIpc) is 3.27. The molecule has 0 aliphatic rings. The van der Waals surface area contributed by atoms with E-state index in [1.165, 1.54) is 35.7 Å². The smallest absolute Gasteiger partial charge is 0.298 e. The summed E-state index contributed by atoms with van der Waals surface area (Å²) in [7, 11) is 0. The van der Waals surface area contributed by atoms with Crippen molar-refractivity contribution in [2.45, 2.75) is 13.8 Å². The summed E-state index contributed by atoms with van der Waals surface area (Å²) in [6.07, 6.45) is 1.43. The molecule has 0 saturated heterocycles. The second kappa shape index (κ2) is 7.71. The summed E-state index contributed by atoms with van der Waals surface area (Å²) in [6, 6.07) is 5.94. The lowest BCUT2D eigenvalue weighted by molar-refractivity contribution is 0.0948. The molecule has 0 N–H and O–H groups in total. The highest BCUT2D eigenvalue weighted by molar-refractivity contribution is 7.22. The zero-order valence-electron chi connectivity index (χ0n) is 14.1. The van der Waals surface area contributed by atoms with Crippen LogP contribution in [-0.2, 0) is 0 Å². The van der Waals surface area contributed by atoms with E-state index in [1.54, 1.807) is 11.0 Å². The minimum atomic E-state index is -0.320. The van der Waals surface area contributed by atoms with Gasteiger partial charge in [-0.3, -0.25) is 9.69 Å². The predicted octanol–water partition coefficient (Wildman–Crippen LogP) is 3.41. The Morgan fingerprint density at radius 2 is 2.04 bits per heavy atom. The van der Waals surface area contributed by atoms with Gasteiger partial charge in [-0.05, 0) is 31.3 Å². The van der Waals surface area contributed by atoms with Crippen molar-refractivity contribution in [2.24, 2.45) is 0 Å². The molecule has 0 aliphatic carbocycles. The molecule has 0 bridgehead atoms. The summed E-state index contributed by atoms with van der Waals surface area (Å²) in [5.74, 6) is -0.465. The van der Waals surface area contributed by atoms with Crippen LogP contribution < -0.4 is 4.90 Å². The molecule has 8 heteroatoms. The van der Waals surface area contributed by atoms with Gasteiger partial charge in [0, 0.05) is 19.2 Å². The molecule has 0 radical (unpaired) electrons. The Labute approximate surface area is 148 Å². The van der Waals surface area contributed by atoms with Gasteiger partial charge in [0.25, 0.3) is 5.91 Å². The van der Waals surface area contributed by atoms with Gasteiger partial charge in [-0.15, -0.1) is 0 Å². The van der Waals surface area contributed by atoms with Crippen LogP contribution in [0, 0.1) is 5.82 Å². The van der Waals surface area contributed by atoms with Crippen molar-refractivity contribution >= 4 is 32.6 Å². The molecule has 0 saturated carbocycles. The van der Waals surface area contributed by atoms with Crippen LogP contribution >= 0.6 is 11.3 Å². The van der Waals surface area contributed by atoms with Crippen molar-refractivity contribution in [3.8, 4) is 0 Å². The van der Waals surface area contributed by atoms with E-state index in [-0.39, 0.29) is 17.5 Å². The van der Waals surface area contributed by atoms with Gasteiger partial charge in [0.1, 0.15) is 5.82 Å². The lowest BCUT2D eigenvalue weighted by atomic mass is 10.3. The number of fused-ring (bicyclic) bond motifs is 1. The third-order valence-corrected chi connectivity index (χ3v) is 5.04. The van der Waals surface area contributed by atoms with E-state index in [2.05, 4.69) is 28.9 Å². The summed E-state index contributed by atoms with van der Waals surface area (Å²) in [5.41, 5.74) is 0.666. The maximum atomic E-state index is 13.4. The molecular formula is C17H19FN4O2S. The van der Waals surface area contributed by atoms with Crippen molar-refractivity contribution in [3.05, 3.63) is 42.0 Å². The topological polar surface area (TPSA) is 62.5 Å². The average molecular weight is 362 g/mol. The molecule has 3 rings (SSSR count). The number of rotatable bonds is 7. The van der Waals surface area contributed by atoms with E-state index in [0.29, 0.717) is 28.4 Å². The third-order valence-electron chi connectivity index (χ3n) is 4.00. The fourth-order valence-electron chi connectivity index (χ4n) is 2.53. The number of benzene rings is 1. The molecule has 132 valence electrons. The van der Waals surface area contributed by atoms with Gasteiger partial charge >= 0.3 is 0 Å². The Hall–Kier alpha value is -2.32. The van der Waals surface area contributed by atoms with Crippen LogP contribution in [0.25, 0.3) is 10.2 Å². The number of nitrogens with zero attached hydrogens (tertiary/aromatic N) is 4. The number of carbonyl (C=O) groups excluding carboxylic acids is 1. The molecule has 25 heavy (non-hydrogen) atoms. The summed E-state index contributed by atoms with van der Waals surface area (Å²) >= 11 is 1.29. The van der Waals surface area contributed by atoms with Crippen molar-refractivity contribution < 1.29 is 13.7 Å². The molecule has 0 unspecified atom stereocenters. The standard InChI is InChI=1S/C17H19FN4O2S/c1-3-21(4-2)9-10-22(16(23)14-7-8-19-24-14)17-20-13-6-5-12(18)11-15(13)25-17/h5-8,11H,3-4,9-10H2,1-2H3. The monoisotopic (exact) mass is 362 g/mol. The molecular weight excluding hydrogens is 343 g/mol. The number of carbonyl (C=O) groups is 1.